The molecule has 1 heterocycles. The maximum Gasteiger partial charge on any atom is 0.193 e. The molecule has 2 rings (SSSR count). The fourth-order valence-corrected chi connectivity index (χ4v) is 2.62. The minimum absolute atomic E-state index is 0.842. The molecular weight excluding hydrogens is 284 g/mol. The van der Waals surface area contributed by atoms with Gasteiger partial charge in [0.25, 0.3) is 0 Å². The molecule has 0 atom stereocenters. The Morgan fingerprint density at radius 2 is 1.87 bits per heavy atom. The second kappa shape index (κ2) is 8.42. The summed E-state index contributed by atoms with van der Waals surface area (Å²) < 4.78 is 2.14. The van der Waals surface area contributed by atoms with Gasteiger partial charge in [-0.25, -0.2) is 0 Å². The molecule has 1 aromatic carbocycles. The Bertz CT molecular complexity index is 625. The maximum atomic E-state index is 4.38. The van der Waals surface area contributed by atoms with Crippen molar-refractivity contribution in [2.45, 2.75) is 26.3 Å². The van der Waals surface area contributed by atoms with Gasteiger partial charge >= 0.3 is 0 Å². The lowest BCUT2D eigenvalue weighted by Crippen LogP contribution is -2.39. The van der Waals surface area contributed by atoms with Crippen molar-refractivity contribution >= 4 is 5.96 Å². The summed E-state index contributed by atoms with van der Waals surface area (Å²) in [5.74, 6) is 0.927. The van der Waals surface area contributed by atoms with Crippen LogP contribution in [0, 0.1) is 0 Å². The van der Waals surface area contributed by atoms with Crippen molar-refractivity contribution in [1.82, 2.24) is 14.8 Å². The molecule has 4 heteroatoms. The van der Waals surface area contributed by atoms with E-state index < -0.39 is 0 Å². The van der Waals surface area contributed by atoms with E-state index >= 15 is 0 Å². The number of aryl methyl sites for hydroxylation is 2. The molecule has 0 spiro atoms. The van der Waals surface area contributed by atoms with Crippen LogP contribution in [0.1, 0.15) is 23.7 Å². The van der Waals surface area contributed by atoms with Gasteiger partial charge < -0.3 is 14.8 Å². The Labute approximate surface area is 139 Å². The molecule has 124 valence electrons. The first-order chi connectivity index (χ1) is 11.1. The highest BCUT2D eigenvalue weighted by Crippen LogP contribution is 2.06. The van der Waals surface area contributed by atoms with Crippen LogP contribution >= 0.6 is 0 Å². The van der Waals surface area contributed by atoms with Crippen LogP contribution in [0.4, 0.5) is 0 Å². The van der Waals surface area contributed by atoms with Crippen molar-refractivity contribution in [2.24, 2.45) is 12.0 Å². The van der Waals surface area contributed by atoms with Crippen molar-refractivity contribution in [1.29, 1.82) is 0 Å². The summed E-state index contributed by atoms with van der Waals surface area (Å²) in [6, 6.07) is 13.1. The molecule has 0 saturated heterocycles. The van der Waals surface area contributed by atoms with Crippen LogP contribution in [0.25, 0.3) is 0 Å². The monoisotopic (exact) mass is 312 g/mol. The quantitative estimate of drug-likeness (QED) is 0.657. The summed E-state index contributed by atoms with van der Waals surface area (Å²) >= 11 is 0. The summed E-state index contributed by atoms with van der Waals surface area (Å²) in [5.41, 5.74) is 4.01. The second-order valence-electron chi connectivity index (χ2n) is 5.86. The Balaban J connectivity index is 1.83. The first-order valence-electron chi connectivity index (χ1n) is 8.23. The van der Waals surface area contributed by atoms with Crippen LogP contribution < -0.4 is 5.32 Å². The molecule has 2 aromatic rings. The number of nitrogens with one attached hydrogen (secondary N) is 1. The van der Waals surface area contributed by atoms with Gasteiger partial charge in [-0.15, -0.1) is 0 Å². The van der Waals surface area contributed by atoms with E-state index in [2.05, 4.69) is 83.4 Å². The predicted molar refractivity (Wildman–Crippen MR) is 97.8 cm³/mol. The first kappa shape index (κ1) is 17.1. The predicted octanol–water partition coefficient (Wildman–Crippen LogP) is 2.84. The standard InChI is InChI=1S/C19H28N4/c1-5-16-8-10-17(11-9-16)12-13-21-19(20-2)23(4)15-18-7-6-14-22(18)3/h6-11,14H,5,12-13,15H2,1-4H3,(H,20,21). The molecule has 4 nitrogen and oxygen atoms in total. The zero-order valence-corrected chi connectivity index (χ0v) is 14.7. The molecule has 0 unspecified atom stereocenters. The average molecular weight is 312 g/mol. The number of hydrogen-bond acceptors (Lipinski definition) is 1. The van der Waals surface area contributed by atoms with Gasteiger partial charge in [0.2, 0.25) is 0 Å². The molecule has 23 heavy (non-hydrogen) atoms. The van der Waals surface area contributed by atoms with Gasteiger partial charge in [0.15, 0.2) is 5.96 Å². The summed E-state index contributed by atoms with van der Waals surface area (Å²) in [4.78, 5) is 6.53. The molecular formula is C19H28N4. The highest BCUT2D eigenvalue weighted by molar-refractivity contribution is 5.79. The lowest BCUT2D eigenvalue weighted by molar-refractivity contribution is 0.462. The van der Waals surface area contributed by atoms with Crippen LogP contribution in [-0.4, -0.2) is 36.1 Å². The summed E-state index contributed by atoms with van der Waals surface area (Å²) in [6.45, 7) is 3.91. The van der Waals surface area contributed by atoms with E-state index in [1.165, 1.54) is 16.8 Å². The van der Waals surface area contributed by atoms with Crippen LogP contribution in [-0.2, 0) is 26.4 Å². The van der Waals surface area contributed by atoms with Crippen LogP contribution in [0.15, 0.2) is 47.6 Å². The van der Waals surface area contributed by atoms with E-state index in [1.54, 1.807) is 0 Å². The van der Waals surface area contributed by atoms with Crippen molar-refractivity contribution in [3.05, 3.63) is 59.4 Å². The van der Waals surface area contributed by atoms with Crippen molar-refractivity contribution in [2.75, 3.05) is 20.6 Å². The zero-order chi connectivity index (χ0) is 16.7. The molecule has 0 aliphatic carbocycles. The third-order valence-corrected chi connectivity index (χ3v) is 4.15. The van der Waals surface area contributed by atoms with Gasteiger partial charge in [0, 0.05) is 39.6 Å². The van der Waals surface area contributed by atoms with Gasteiger partial charge in [-0.05, 0) is 36.1 Å². The van der Waals surface area contributed by atoms with Gasteiger partial charge in [0.05, 0.1) is 6.54 Å². The van der Waals surface area contributed by atoms with E-state index in [0.717, 1.165) is 31.9 Å². The number of aromatic nitrogens is 1. The van der Waals surface area contributed by atoms with E-state index in [9.17, 15) is 0 Å². The van der Waals surface area contributed by atoms with E-state index in [1.807, 2.05) is 7.05 Å². The third-order valence-electron chi connectivity index (χ3n) is 4.15. The minimum atomic E-state index is 0.842. The van der Waals surface area contributed by atoms with Crippen molar-refractivity contribution in [3.8, 4) is 0 Å². The van der Waals surface area contributed by atoms with Crippen molar-refractivity contribution in [3.63, 3.8) is 0 Å². The van der Waals surface area contributed by atoms with Gasteiger partial charge in [-0.2, -0.15) is 0 Å². The fourth-order valence-electron chi connectivity index (χ4n) is 2.62. The molecule has 0 aliphatic heterocycles. The molecule has 0 saturated carbocycles. The molecule has 0 fully saturated rings. The van der Waals surface area contributed by atoms with E-state index in [4.69, 9.17) is 0 Å². The molecule has 0 bridgehead atoms. The first-order valence-corrected chi connectivity index (χ1v) is 8.23. The molecule has 1 aromatic heterocycles. The van der Waals surface area contributed by atoms with Crippen LogP contribution in [0.2, 0.25) is 0 Å². The summed E-state index contributed by atoms with van der Waals surface area (Å²) in [7, 11) is 5.97. The number of nitrogens with zero attached hydrogens (tertiary/aromatic N) is 3. The minimum Gasteiger partial charge on any atom is -0.356 e. The van der Waals surface area contributed by atoms with E-state index in [0.29, 0.717) is 0 Å². The topological polar surface area (TPSA) is 32.6 Å². The fraction of sp³-hybridized carbons (Fsp3) is 0.421. The highest BCUT2D eigenvalue weighted by atomic mass is 15.3. The molecule has 0 aliphatic rings. The zero-order valence-electron chi connectivity index (χ0n) is 14.7. The van der Waals surface area contributed by atoms with Gasteiger partial charge in [-0.1, -0.05) is 31.2 Å². The molecule has 1 N–H and O–H groups in total. The normalized spacial score (nSPS) is 11.6. The SMILES string of the molecule is CCc1ccc(CCNC(=NC)N(C)Cc2cccn2C)cc1. The lowest BCUT2D eigenvalue weighted by Gasteiger charge is -2.22. The maximum absolute atomic E-state index is 4.38. The number of rotatable bonds is 6. The Morgan fingerprint density at radius 3 is 2.43 bits per heavy atom. The Morgan fingerprint density at radius 1 is 1.17 bits per heavy atom. The summed E-state index contributed by atoms with van der Waals surface area (Å²) in [5, 5.41) is 3.44. The lowest BCUT2D eigenvalue weighted by atomic mass is 10.1. The second-order valence-corrected chi connectivity index (χ2v) is 5.86. The number of benzene rings is 1. The smallest absolute Gasteiger partial charge is 0.193 e. The number of guanidine groups is 1. The van der Waals surface area contributed by atoms with Gasteiger partial charge in [-0.3, -0.25) is 4.99 Å². The number of hydrogen-bond donors (Lipinski definition) is 1. The third kappa shape index (κ3) is 4.88. The van der Waals surface area contributed by atoms with Crippen LogP contribution in [0.3, 0.4) is 0 Å². The number of aliphatic imine (C=N–C) groups is 1. The van der Waals surface area contributed by atoms with Crippen LogP contribution in [0.5, 0.6) is 0 Å². The van der Waals surface area contributed by atoms with E-state index in [-0.39, 0.29) is 0 Å². The Kier molecular flexibility index (Phi) is 6.27. The largest absolute Gasteiger partial charge is 0.356 e. The highest BCUT2D eigenvalue weighted by Gasteiger charge is 2.07. The molecule has 0 radical (unpaired) electrons. The van der Waals surface area contributed by atoms with Gasteiger partial charge in [0.1, 0.15) is 0 Å². The molecule has 0 amide bonds. The average Bonchev–Trinajstić information content (AvgIpc) is 2.97. The Hall–Kier alpha value is -2.23. The van der Waals surface area contributed by atoms with Crippen molar-refractivity contribution < 1.29 is 0 Å². The summed E-state index contributed by atoms with van der Waals surface area (Å²) in [6.07, 6.45) is 4.16.